The van der Waals surface area contributed by atoms with Crippen LogP contribution in [0.1, 0.15) is 26.3 Å². The number of carbonyl (C=O) groups is 2. The number of carboxylic acids is 1. The molecule has 8 heteroatoms. The largest absolute Gasteiger partial charge is 0.478 e. The number of nitrogens with zero attached hydrogens (tertiary/aromatic N) is 2. The molecular formula is C28H21Cl3N2O3. The average molecular weight is 540 g/mol. The van der Waals surface area contributed by atoms with Crippen LogP contribution < -0.4 is 9.80 Å². The van der Waals surface area contributed by atoms with Crippen LogP contribution in [-0.4, -0.2) is 31.0 Å². The zero-order valence-corrected chi connectivity index (χ0v) is 21.6. The van der Waals surface area contributed by atoms with E-state index < -0.39 is 5.97 Å². The molecule has 4 aromatic carbocycles. The fourth-order valence-corrected chi connectivity index (χ4v) is 4.43. The van der Waals surface area contributed by atoms with E-state index in [1.165, 1.54) is 12.1 Å². The summed E-state index contributed by atoms with van der Waals surface area (Å²) in [6, 6.07) is 24.1. The first kappa shape index (κ1) is 25.6. The van der Waals surface area contributed by atoms with Gasteiger partial charge in [-0.1, -0.05) is 34.8 Å². The van der Waals surface area contributed by atoms with E-state index in [1.54, 1.807) is 48.3 Å². The highest BCUT2D eigenvalue weighted by molar-refractivity contribution is 6.36. The number of hydrogen-bond acceptors (Lipinski definition) is 4. The molecule has 0 fully saturated rings. The summed E-state index contributed by atoms with van der Waals surface area (Å²) in [7, 11) is 3.66. The molecule has 0 unspecified atom stereocenters. The van der Waals surface area contributed by atoms with Gasteiger partial charge in [0.05, 0.1) is 16.3 Å². The van der Waals surface area contributed by atoms with Gasteiger partial charge in [-0.05, 0) is 84.9 Å². The van der Waals surface area contributed by atoms with E-state index in [1.807, 2.05) is 48.3 Å². The van der Waals surface area contributed by atoms with Gasteiger partial charge in [0, 0.05) is 52.3 Å². The van der Waals surface area contributed by atoms with Crippen molar-refractivity contribution in [3.05, 3.63) is 117 Å². The predicted octanol–water partition coefficient (Wildman–Crippen LogP) is 8.11. The van der Waals surface area contributed by atoms with E-state index in [4.69, 9.17) is 34.8 Å². The van der Waals surface area contributed by atoms with Gasteiger partial charge in [0.2, 0.25) is 0 Å². The fraction of sp³-hybridized carbons (Fsp3) is 0.0714. The Kier molecular flexibility index (Phi) is 7.55. The van der Waals surface area contributed by atoms with Crippen LogP contribution in [0.4, 0.5) is 22.7 Å². The lowest BCUT2D eigenvalue weighted by atomic mass is 9.99. The number of benzene rings is 4. The van der Waals surface area contributed by atoms with E-state index in [9.17, 15) is 14.7 Å². The second-order valence-electron chi connectivity index (χ2n) is 8.14. The van der Waals surface area contributed by atoms with E-state index in [0.29, 0.717) is 32.0 Å². The summed E-state index contributed by atoms with van der Waals surface area (Å²) in [5.74, 6) is -1.43. The van der Waals surface area contributed by atoms with Crippen LogP contribution in [0.15, 0.2) is 84.9 Å². The van der Waals surface area contributed by atoms with E-state index in [0.717, 1.165) is 11.4 Å². The predicted molar refractivity (Wildman–Crippen MR) is 147 cm³/mol. The van der Waals surface area contributed by atoms with E-state index in [-0.39, 0.29) is 16.9 Å². The Bertz CT molecular complexity index is 1440. The highest BCUT2D eigenvalue weighted by atomic mass is 35.5. The normalized spacial score (nSPS) is 10.7. The Labute approximate surface area is 224 Å². The molecule has 4 aromatic rings. The topological polar surface area (TPSA) is 60.9 Å². The lowest BCUT2D eigenvalue weighted by Gasteiger charge is -2.22. The van der Waals surface area contributed by atoms with Gasteiger partial charge in [-0.2, -0.15) is 0 Å². The van der Waals surface area contributed by atoms with Gasteiger partial charge in [0.25, 0.3) is 0 Å². The molecule has 4 rings (SSSR count). The van der Waals surface area contributed by atoms with Crippen molar-refractivity contribution in [3.8, 4) is 0 Å². The molecule has 0 amide bonds. The van der Waals surface area contributed by atoms with Crippen LogP contribution in [0.3, 0.4) is 0 Å². The molecule has 0 aliphatic heterocycles. The second-order valence-corrected chi connectivity index (χ2v) is 9.42. The first-order valence-electron chi connectivity index (χ1n) is 10.9. The number of hydrogen-bond donors (Lipinski definition) is 1. The maximum absolute atomic E-state index is 13.3. The number of aromatic carboxylic acids is 1. The van der Waals surface area contributed by atoms with Crippen molar-refractivity contribution in [2.75, 3.05) is 23.9 Å². The number of carboxylic acid groups (broad SMARTS) is 1. The van der Waals surface area contributed by atoms with Gasteiger partial charge in [-0.25, -0.2) is 4.79 Å². The number of halogens is 3. The van der Waals surface area contributed by atoms with Crippen LogP contribution in [0.2, 0.25) is 15.1 Å². The number of carbonyl (C=O) groups excluding carboxylic acids is 1. The van der Waals surface area contributed by atoms with Crippen LogP contribution in [0.25, 0.3) is 0 Å². The Balaban J connectivity index is 1.65. The minimum Gasteiger partial charge on any atom is -0.478 e. The first-order chi connectivity index (χ1) is 17.1. The standard InChI is InChI=1S/C28H21Cl3N2O3/c1-32(23-10-5-20(29)6-11-23)22-8-3-17(4-9-22)27(34)18-13-19(28(35)36)15-24(14-18)33(2)26-12-7-21(30)16-25(26)31/h3-16H,1-2H3,(H,35,36). The fourth-order valence-electron chi connectivity index (χ4n) is 3.77. The van der Waals surface area contributed by atoms with Crippen molar-refractivity contribution in [1.29, 1.82) is 0 Å². The molecule has 36 heavy (non-hydrogen) atoms. The summed E-state index contributed by atoms with van der Waals surface area (Å²) in [5, 5.41) is 11.2. The van der Waals surface area contributed by atoms with Gasteiger partial charge in [-0.15, -0.1) is 0 Å². The molecule has 0 heterocycles. The number of anilines is 4. The lowest BCUT2D eigenvalue weighted by Crippen LogP contribution is -2.13. The van der Waals surface area contributed by atoms with Gasteiger partial charge in [-0.3, -0.25) is 4.79 Å². The Morgan fingerprint density at radius 2 is 1.17 bits per heavy atom. The average Bonchev–Trinajstić information content (AvgIpc) is 2.87. The molecule has 0 aromatic heterocycles. The molecule has 0 atom stereocenters. The Hall–Kier alpha value is -3.51. The molecule has 0 bridgehead atoms. The Morgan fingerprint density at radius 3 is 1.75 bits per heavy atom. The molecule has 0 saturated heterocycles. The third-order valence-corrected chi connectivity index (χ3v) is 6.61. The third kappa shape index (κ3) is 5.49. The maximum Gasteiger partial charge on any atom is 0.335 e. The highest BCUT2D eigenvalue weighted by Gasteiger charge is 2.18. The minimum atomic E-state index is -1.14. The summed E-state index contributed by atoms with van der Waals surface area (Å²) in [5.41, 5.74) is 3.63. The van der Waals surface area contributed by atoms with Gasteiger partial charge in [0.15, 0.2) is 5.78 Å². The zero-order chi connectivity index (χ0) is 26.0. The van der Waals surface area contributed by atoms with Crippen LogP contribution in [0.5, 0.6) is 0 Å². The Morgan fingerprint density at radius 1 is 0.611 bits per heavy atom. The zero-order valence-electron chi connectivity index (χ0n) is 19.4. The van der Waals surface area contributed by atoms with Crippen molar-refractivity contribution in [3.63, 3.8) is 0 Å². The quantitative estimate of drug-likeness (QED) is 0.240. The summed E-state index contributed by atoms with van der Waals surface area (Å²) in [6.07, 6.45) is 0. The number of ketones is 1. The highest BCUT2D eigenvalue weighted by Crippen LogP contribution is 2.34. The van der Waals surface area contributed by atoms with Crippen molar-refractivity contribution in [2.24, 2.45) is 0 Å². The molecule has 182 valence electrons. The molecular weight excluding hydrogens is 519 g/mol. The molecule has 0 aliphatic rings. The molecule has 5 nitrogen and oxygen atoms in total. The van der Waals surface area contributed by atoms with E-state index in [2.05, 4.69) is 0 Å². The maximum atomic E-state index is 13.3. The van der Waals surface area contributed by atoms with Crippen molar-refractivity contribution >= 4 is 69.3 Å². The minimum absolute atomic E-state index is 0.00752. The monoisotopic (exact) mass is 538 g/mol. The van der Waals surface area contributed by atoms with Crippen LogP contribution in [-0.2, 0) is 0 Å². The van der Waals surface area contributed by atoms with Gasteiger partial charge >= 0.3 is 5.97 Å². The smallest absolute Gasteiger partial charge is 0.335 e. The van der Waals surface area contributed by atoms with Crippen molar-refractivity contribution < 1.29 is 14.7 Å². The summed E-state index contributed by atoms with van der Waals surface area (Å²) in [6.45, 7) is 0. The molecule has 0 radical (unpaired) electrons. The SMILES string of the molecule is CN(c1ccc(Cl)cc1)c1ccc(C(=O)c2cc(C(=O)O)cc(N(C)c3ccc(Cl)cc3Cl)c2)cc1. The van der Waals surface area contributed by atoms with Gasteiger partial charge in [0.1, 0.15) is 0 Å². The molecule has 1 N–H and O–H groups in total. The molecule has 0 spiro atoms. The van der Waals surface area contributed by atoms with Crippen LogP contribution >= 0.6 is 34.8 Å². The van der Waals surface area contributed by atoms with E-state index >= 15 is 0 Å². The number of rotatable bonds is 7. The first-order valence-corrected chi connectivity index (χ1v) is 12.0. The van der Waals surface area contributed by atoms with Crippen molar-refractivity contribution in [1.82, 2.24) is 0 Å². The summed E-state index contributed by atoms with van der Waals surface area (Å²) in [4.78, 5) is 28.9. The van der Waals surface area contributed by atoms with Crippen LogP contribution in [0, 0.1) is 0 Å². The van der Waals surface area contributed by atoms with Crippen molar-refractivity contribution in [2.45, 2.75) is 0 Å². The second kappa shape index (κ2) is 10.6. The molecule has 0 saturated carbocycles. The molecule has 0 aliphatic carbocycles. The summed E-state index contributed by atoms with van der Waals surface area (Å²) < 4.78 is 0. The lowest BCUT2D eigenvalue weighted by molar-refractivity contribution is 0.0697. The summed E-state index contributed by atoms with van der Waals surface area (Å²) >= 11 is 18.3. The van der Waals surface area contributed by atoms with Gasteiger partial charge < -0.3 is 14.9 Å². The third-order valence-electron chi connectivity index (χ3n) is 5.82.